The first-order valence-electron chi connectivity index (χ1n) is 14.6. The van der Waals surface area contributed by atoms with Crippen molar-refractivity contribution in [2.45, 2.75) is 111 Å². The summed E-state index contributed by atoms with van der Waals surface area (Å²) in [6.45, 7) is 14.5. The van der Waals surface area contributed by atoms with Gasteiger partial charge in [-0.2, -0.15) is 0 Å². The number of allylic oxidation sites excluding steroid dienone is 1. The number of ether oxygens (including phenoxy) is 1. The third-order valence-electron chi connectivity index (χ3n) is 11.5. The number of likely N-dealkylation sites (tertiary alicyclic amines) is 1. The highest BCUT2D eigenvalue weighted by molar-refractivity contribution is 5.79. The molecule has 3 saturated carbocycles. The van der Waals surface area contributed by atoms with Crippen LogP contribution in [0.4, 0.5) is 0 Å². The van der Waals surface area contributed by atoms with Crippen LogP contribution in [0.1, 0.15) is 105 Å². The van der Waals surface area contributed by atoms with Gasteiger partial charge in [-0.3, -0.25) is 9.59 Å². The predicted octanol–water partition coefficient (Wildman–Crippen LogP) is 6.58. The van der Waals surface area contributed by atoms with Crippen molar-refractivity contribution in [3.63, 3.8) is 0 Å². The molecule has 0 amide bonds. The van der Waals surface area contributed by atoms with E-state index in [1.807, 2.05) is 6.92 Å². The summed E-state index contributed by atoms with van der Waals surface area (Å²) in [5.41, 5.74) is 2.39. The normalized spacial score (nSPS) is 42.9. The summed E-state index contributed by atoms with van der Waals surface area (Å²) < 4.78 is 6.05. The first-order chi connectivity index (χ1) is 16.5. The average molecular weight is 484 g/mol. The van der Waals surface area contributed by atoms with Gasteiger partial charge in [0.1, 0.15) is 11.9 Å². The van der Waals surface area contributed by atoms with Crippen LogP contribution in [0, 0.1) is 39.9 Å². The molecule has 1 aliphatic heterocycles. The van der Waals surface area contributed by atoms with Crippen LogP contribution in [-0.2, 0) is 14.3 Å². The summed E-state index contributed by atoms with van der Waals surface area (Å²) in [4.78, 5) is 27.6. The van der Waals surface area contributed by atoms with Crippen LogP contribution in [-0.4, -0.2) is 42.4 Å². The molecule has 4 aliphatic carbocycles. The van der Waals surface area contributed by atoms with Crippen LogP contribution in [0.3, 0.4) is 0 Å². The zero-order chi connectivity index (χ0) is 25.0. The SMILES string of the molecule is CC(=O)C1CCC2C3CC=C4CC(OC(=O)CCN5CCCC(C)(C)C5)CC[C@]4(C)C3CC[C@]12C. The minimum absolute atomic E-state index is 0.00840. The van der Waals surface area contributed by atoms with E-state index in [4.69, 9.17) is 4.74 Å². The van der Waals surface area contributed by atoms with Crippen molar-refractivity contribution in [2.24, 2.45) is 39.9 Å². The molecular weight excluding hydrogens is 434 g/mol. The van der Waals surface area contributed by atoms with E-state index in [0.717, 1.165) is 63.6 Å². The zero-order valence-corrected chi connectivity index (χ0v) is 23.0. The highest BCUT2D eigenvalue weighted by Gasteiger charge is 2.59. The number of fused-ring (bicyclic) bond motifs is 5. The zero-order valence-electron chi connectivity index (χ0n) is 23.0. The number of piperidine rings is 1. The second-order valence-corrected chi connectivity index (χ2v) is 14.2. The maximum absolute atomic E-state index is 12.7. The molecule has 1 saturated heterocycles. The number of ketones is 1. The third kappa shape index (κ3) is 4.66. The summed E-state index contributed by atoms with van der Waals surface area (Å²) >= 11 is 0. The fourth-order valence-corrected chi connectivity index (χ4v) is 9.63. The van der Waals surface area contributed by atoms with E-state index in [9.17, 15) is 9.59 Å². The molecule has 196 valence electrons. The van der Waals surface area contributed by atoms with Crippen molar-refractivity contribution < 1.29 is 14.3 Å². The lowest BCUT2D eigenvalue weighted by molar-refractivity contribution is -0.152. The van der Waals surface area contributed by atoms with Gasteiger partial charge in [-0.25, -0.2) is 0 Å². The Morgan fingerprint density at radius 1 is 1.03 bits per heavy atom. The summed E-state index contributed by atoms with van der Waals surface area (Å²) in [6.07, 6.45) is 14.6. The minimum atomic E-state index is -0.00840. The highest BCUT2D eigenvalue weighted by Crippen LogP contribution is 2.66. The fraction of sp³-hybridized carbons (Fsp3) is 0.871. The number of rotatable bonds is 5. The molecule has 0 aromatic rings. The Labute approximate surface area is 213 Å². The van der Waals surface area contributed by atoms with Crippen molar-refractivity contribution in [3.05, 3.63) is 11.6 Å². The predicted molar refractivity (Wildman–Crippen MR) is 140 cm³/mol. The van der Waals surface area contributed by atoms with Gasteiger partial charge in [0.15, 0.2) is 0 Å². The van der Waals surface area contributed by atoms with Crippen LogP contribution in [0.5, 0.6) is 0 Å². The number of esters is 1. The summed E-state index contributed by atoms with van der Waals surface area (Å²) in [5.74, 6) is 2.83. The Hall–Kier alpha value is -1.16. The number of carbonyl (C=O) groups is 2. The van der Waals surface area contributed by atoms with Gasteiger partial charge in [-0.15, -0.1) is 0 Å². The van der Waals surface area contributed by atoms with Gasteiger partial charge in [-0.1, -0.05) is 39.3 Å². The van der Waals surface area contributed by atoms with E-state index >= 15 is 0 Å². The maximum Gasteiger partial charge on any atom is 0.307 e. The summed E-state index contributed by atoms with van der Waals surface area (Å²) in [6, 6.07) is 0. The molecule has 0 spiro atoms. The van der Waals surface area contributed by atoms with Gasteiger partial charge in [-0.05, 0) is 105 Å². The van der Waals surface area contributed by atoms with Crippen LogP contribution in [0.2, 0.25) is 0 Å². The Morgan fingerprint density at radius 3 is 2.57 bits per heavy atom. The van der Waals surface area contributed by atoms with E-state index in [0.29, 0.717) is 23.5 Å². The fourth-order valence-electron chi connectivity index (χ4n) is 9.63. The Bertz CT molecular complexity index is 876. The average Bonchev–Trinajstić information content (AvgIpc) is 3.15. The van der Waals surface area contributed by atoms with Crippen molar-refractivity contribution in [2.75, 3.05) is 19.6 Å². The number of Topliss-reactive ketones (excluding diaryl/α,β-unsaturated/α-hetero) is 1. The molecule has 5 unspecified atom stereocenters. The molecule has 5 rings (SSSR count). The molecule has 4 heteroatoms. The maximum atomic E-state index is 12.7. The van der Waals surface area contributed by atoms with E-state index in [2.05, 4.69) is 38.7 Å². The first kappa shape index (κ1) is 25.5. The topological polar surface area (TPSA) is 46.6 Å². The smallest absolute Gasteiger partial charge is 0.307 e. The molecule has 7 atom stereocenters. The largest absolute Gasteiger partial charge is 0.462 e. The van der Waals surface area contributed by atoms with Gasteiger partial charge < -0.3 is 9.64 Å². The molecule has 4 nitrogen and oxygen atoms in total. The van der Waals surface area contributed by atoms with Gasteiger partial charge in [0.2, 0.25) is 0 Å². The standard InChI is InChI=1S/C31H49NO3/c1-21(33)25-9-10-26-24-8-7-22-19-23(11-15-30(22,4)27(24)12-16-31(25,26)5)35-28(34)13-18-32-17-6-14-29(2,3)20-32/h7,23-27H,6,8-20H2,1-5H3/t23?,24?,25?,26?,27?,30-,31+/m0/s1. The lowest BCUT2D eigenvalue weighted by Gasteiger charge is -2.58. The molecule has 5 aliphatic rings. The monoisotopic (exact) mass is 483 g/mol. The second-order valence-electron chi connectivity index (χ2n) is 14.2. The van der Waals surface area contributed by atoms with E-state index in [-0.39, 0.29) is 28.8 Å². The van der Waals surface area contributed by atoms with Crippen LogP contribution >= 0.6 is 0 Å². The molecule has 0 radical (unpaired) electrons. The van der Waals surface area contributed by atoms with Crippen molar-refractivity contribution in [1.82, 2.24) is 4.90 Å². The van der Waals surface area contributed by atoms with Crippen LogP contribution < -0.4 is 0 Å². The molecule has 1 heterocycles. The number of hydrogen-bond donors (Lipinski definition) is 0. The lowest BCUT2D eigenvalue weighted by Crippen LogP contribution is -2.51. The Kier molecular flexibility index (Phi) is 6.77. The highest BCUT2D eigenvalue weighted by atomic mass is 16.5. The molecule has 4 fully saturated rings. The van der Waals surface area contributed by atoms with Gasteiger partial charge in [0.05, 0.1) is 6.42 Å². The summed E-state index contributed by atoms with van der Waals surface area (Å²) in [7, 11) is 0. The van der Waals surface area contributed by atoms with Gasteiger partial charge in [0, 0.05) is 25.4 Å². The molecular formula is C31H49NO3. The number of hydrogen-bond acceptors (Lipinski definition) is 4. The van der Waals surface area contributed by atoms with Crippen LogP contribution in [0.15, 0.2) is 11.6 Å². The number of nitrogens with zero attached hydrogens (tertiary/aromatic N) is 1. The van der Waals surface area contributed by atoms with Gasteiger partial charge >= 0.3 is 5.97 Å². The molecule has 0 N–H and O–H groups in total. The molecule has 0 bridgehead atoms. The third-order valence-corrected chi connectivity index (χ3v) is 11.5. The van der Waals surface area contributed by atoms with Crippen LogP contribution in [0.25, 0.3) is 0 Å². The Balaban J connectivity index is 1.19. The number of carbonyl (C=O) groups excluding carboxylic acids is 2. The van der Waals surface area contributed by atoms with E-state index in [1.54, 1.807) is 5.57 Å². The van der Waals surface area contributed by atoms with E-state index in [1.165, 1.54) is 32.1 Å². The second kappa shape index (κ2) is 9.30. The molecule has 0 aromatic carbocycles. The van der Waals surface area contributed by atoms with E-state index < -0.39 is 0 Å². The van der Waals surface area contributed by atoms with Gasteiger partial charge in [0.25, 0.3) is 0 Å². The van der Waals surface area contributed by atoms with Crippen molar-refractivity contribution in [3.8, 4) is 0 Å². The van der Waals surface area contributed by atoms with Crippen molar-refractivity contribution >= 4 is 11.8 Å². The van der Waals surface area contributed by atoms with Crippen molar-refractivity contribution in [1.29, 1.82) is 0 Å². The minimum Gasteiger partial charge on any atom is -0.462 e. The summed E-state index contributed by atoms with van der Waals surface area (Å²) in [5, 5.41) is 0. The molecule has 0 aromatic heterocycles. The quantitative estimate of drug-likeness (QED) is 0.327. The lowest BCUT2D eigenvalue weighted by atomic mass is 9.47. The Morgan fingerprint density at radius 2 is 1.83 bits per heavy atom. The first-order valence-corrected chi connectivity index (χ1v) is 14.6. The molecule has 35 heavy (non-hydrogen) atoms.